The largest absolute Gasteiger partial charge is 0.508 e. The summed E-state index contributed by atoms with van der Waals surface area (Å²) in [7, 11) is 0. The third-order valence-electron chi connectivity index (χ3n) is 4.16. The summed E-state index contributed by atoms with van der Waals surface area (Å²) in [5, 5.41) is 10.1. The van der Waals surface area contributed by atoms with Gasteiger partial charge in [-0.1, -0.05) is 24.3 Å². The van der Waals surface area contributed by atoms with Gasteiger partial charge in [-0.05, 0) is 49.4 Å². The van der Waals surface area contributed by atoms with Crippen molar-refractivity contribution < 1.29 is 14.6 Å². The van der Waals surface area contributed by atoms with Gasteiger partial charge in [0.2, 0.25) is 0 Å². The highest BCUT2D eigenvalue weighted by Gasteiger charge is 2.15. The van der Waals surface area contributed by atoms with Crippen molar-refractivity contribution in [2.45, 2.75) is 32.6 Å². The minimum Gasteiger partial charge on any atom is -0.508 e. The first-order valence-electron chi connectivity index (χ1n) is 7.71. The molecule has 1 aliphatic heterocycles. The number of aromatic hydroxyl groups is 1. The van der Waals surface area contributed by atoms with Gasteiger partial charge in [0.05, 0.1) is 6.61 Å². The molecule has 0 bridgehead atoms. The van der Waals surface area contributed by atoms with Crippen LogP contribution in [0.1, 0.15) is 40.4 Å². The van der Waals surface area contributed by atoms with Crippen LogP contribution in [0.5, 0.6) is 11.5 Å². The number of carbonyl (C=O) groups excluding carboxylic acids is 1. The van der Waals surface area contributed by atoms with E-state index in [2.05, 4.69) is 0 Å². The highest BCUT2D eigenvalue weighted by atomic mass is 16.5. The van der Waals surface area contributed by atoms with Crippen LogP contribution in [0.3, 0.4) is 0 Å². The van der Waals surface area contributed by atoms with Gasteiger partial charge in [0, 0.05) is 17.5 Å². The van der Waals surface area contributed by atoms with Gasteiger partial charge < -0.3 is 9.84 Å². The van der Waals surface area contributed by atoms with Gasteiger partial charge in [0.15, 0.2) is 5.78 Å². The second-order valence-electron chi connectivity index (χ2n) is 5.79. The molecule has 0 amide bonds. The van der Waals surface area contributed by atoms with Gasteiger partial charge in [0.1, 0.15) is 11.5 Å². The third-order valence-corrected chi connectivity index (χ3v) is 4.16. The van der Waals surface area contributed by atoms with Crippen LogP contribution < -0.4 is 4.74 Å². The van der Waals surface area contributed by atoms with Crippen LogP contribution in [0.2, 0.25) is 0 Å². The van der Waals surface area contributed by atoms with Crippen molar-refractivity contribution in [1.82, 2.24) is 0 Å². The molecule has 0 radical (unpaired) electrons. The zero-order valence-corrected chi connectivity index (χ0v) is 12.8. The molecule has 3 nitrogen and oxygen atoms in total. The average molecular weight is 296 g/mol. The molecule has 1 aliphatic rings. The number of hydrogen-bond donors (Lipinski definition) is 1. The number of phenolic OH excluding ortho intramolecular Hbond substituents is 1. The fraction of sp³-hybridized carbons (Fsp3) is 0.316. The fourth-order valence-electron chi connectivity index (χ4n) is 2.84. The maximum Gasteiger partial charge on any atom is 0.159 e. The number of aryl methyl sites for hydroxylation is 2. The zero-order valence-electron chi connectivity index (χ0n) is 12.8. The first-order valence-corrected chi connectivity index (χ1v) is 7.71. The summed E-state index contributed by atoms with van der Waals surface area (Å²) in [6, 6.07) is 11.6. The molecule has 0 unspecified atom stereocenters. The molecule has 0 atom stereocenters. The first kappa shape index (κ1) is 14.6. The number of ether oxygens (including phenoxy) is 1. The predicted molar refractivity (Wildman–Crippen MR) is 85.8 cm³/mol. The van der Waals surface area contributed by atoms with E-state index in [1.54, 1.807) is 6.92 Å². The molecule has 3 heteroatoms. The molecule has 0 spiro atoms. The summed E-state index contributed by atoms with van der Waals surface area (Å²) in [6.07, 6.45) is 3.57. The summed E-state index contributed by atoms with van der Waals surface area (Å²) >= 11 is 0. The number of fused-ring (bicyclic) bond motifs is 1. The number of rotatable bonds is 5. The van der Waals surface area contributed by atoms with Crippen molar-refractivity contribution in [2.75, 3.05) is 6.61 Å². The van der Waals surface area contributed by atoms with Crippen LogP contribution in [0.4, 0.5) is 0 Å². The molecule has 0 aromatic heterocycles. The number of ketones is 1. The first-order chi connectivity index (χ1) is 10.6. The number of carbonyl (C=O) groups is 1. The lowest BCUT2D eigenvalue weighted by Crippen LogP contribution is -1.94. The van der Waals surface area contributed by atoms with Crippen molar-refractivity contribution in [3.05, 3.63) is 58.7 Å². The smallest absolute Gasteiger partial charge is 0.159 e. The number of phenols is 1. The molecular formula is C19H20O3. The standard InChI is InChI=1S/C19H20O3/c1-13(20)15-7-5-14(6-8-15)3-2-4-16-12-19-17(9-10-22-19)11-18(16)21/h5-8,11-12,21H,2-4,9-10H2,1H3. The Hall–Kier alpha value is -2.29. The van der Waals surface area contributed by atoms with Crippen molar-refractivity contribution in [3.63, 3.8) is 0 Å². The molecule has 1 heterocycles. The molecule has 2 aromatic rings. The van der Waals surface area contributed by atoms with E-state index >= 15 is 0 Å². The Morgan fingerprint density at radius 3 is 2.68 bits per heavy atom. The van der Waals surface area contributed by atoms with E-state index in [-0.39, 0.29) is 5.78 Å². The Kier molecular flexibility index (Phi) is 4.14. The SMILES string of the molecule is CC(=O)c1ccc(CCCc2cc3c(cc2O)CCO3)cc1. The topological polar surface area (TPSA) is 46.5 Å². The van der Waals surface area contributed by atoms with Gasteiger partial charge in [-0.25, -0.2) is 0 Å². The summed E-state index contributed by atoms with van der Waals surface area (Å²) in [5.41, 5.74) is 4.00. The quantitative estimate of drug-likeness (QED) is 0.856. The van der Waals surface area contributed by atoms with Gasteiger partial charge in [-0.2, -0.15) is 0 Å². The summed E-state index contributed by atoms with van der Waals surface area (Å²) in [5.74, 6) is 1.38. The van der Waals surface area contributed by atoms with Crippen LogP contribution >= 0.6 is 0 Å². The molecule has 114 valence electrons. The predicted octanol–water partition coefficient (Wildman–Crippen LogP) is 3.71. The van der Waals surface area contributed by atoms with E-state index in [1.165, 1.54) is 5.56 Å². The molecular weight excluding hydrogens is 276 g/mol. The van der Waals surface area contributed by atoms with Gasteiger partial charge in [0.25, 0.3) is 0 Å². The van der Waals surface area contributed by atoms with Crippen molar-refractivity contribution in [1.29, 1.82) is 0 Å². The Bertz CT molecular complexity index is 687. The molecule has 0 saturated heterocycles. The minimum absolute atomic E-state index is 0.0922. The molecule has 0 saturated carbocycles. The monoisotopic (exact) mass is 296 g/mol. The Balaban J connectivity index is 1.60. The van der Waals surface area contributed by atoms with E-state index in [0.29, 0.717) is 12.4 Å². The van der Waals surface area contributed by atoms with E-state index in [0.717, 1.165) is 48.1 Å². The van der Waals surface area contributed by atoms with E-state index < -0.39 is 0 Å². The van der Waals surface area contributed by atoms with Crippen LogP contribution in [0.15, 0.2) is 36.4 Å². The van der Waals surface area contributed by atoms with Gasteiger partial charge in [-0.3, -0.25) is 4.79 Å². The van der Waals surface area contributed by atoms with Gasteiger partial charge in [-0.15, -0.1) is 0 Å². The summed E-state index contributed by atoms with van der Waals surface area (Å²) in [6.45, 7) is 2.29. The van der Waals surface area contributed by atoms with Gasteiger partial charge >= 0.3 is 0 Å². The summed E-state index contributed by atoms with van der Waals surface area (Å²) in [4.78, 5) is 11.2. The second-order valence-corrected chi connectivity index (χ2v) is 5.79. The highest BCUT2D eigenvalue weighted by molar-refractivity contribution is 5.93. The average Bonchev–Trinajstić information content (AvgIpc) is 2.95. The normalized spacial score (nSPS) is 12.8. The zero-order chi connectivity index (χ0) is 15.5. The fourth-order valence-corrected chi connectivity index (χ4v) is 2.84. The molecule has 1 N–H and O–H groups in total. The van der Waals surface area contributed by atoms with Crippen molar-refractivity contribution in [2.24, 2.45) is 0 Å². The lowest BCUT2D eigenvalue weighted by Gasteiger charge is -2.08. The number of Topliss-reactive ketones (excluding diaryl/α,β-unsaturated/α-hetero) is 1. The molecule has 3 rings (SSSR count). The third kappa shape index (κ3) is 3.14. The highest BCUT2D eigenvalue weighted by Crippen LogP contribution is 2.32. The van der Waals surface area contributed by atoms with E-state index in [1.807, 2.05) is 36.4 Å². The lowest BCUT2D eigenvalue weighted by atomic mass is 10.00. The van der Waals surface area contributed by atoms with Crippen molar-refractivity contribution >= 4 is 5.78 Å². The molecule has 0 aliphatic carbocycles. The summed E-state index contributed by atoms with van der Waals surface area (Å²) < 4.78 is 5.55. The Morgan fingerprint density at radius 1 is 1.18 bits per heavy atom. The number of hydrogen-bond acceptors (Lipinski definition) is 3. The maximum atomic E-state index is 11.2. The molecule has 2 aromatic carbocycles. The van der Waals surface area contributed by atoms with E-state index in [9.17, 15) is 9.90 Å². The van der Waals surface area contributed by atoms with E-state index in [4.69, 9.17) is 4.74 Å². The second kappa shape index (κ2) is 6.22. The van der Waals surface area contributed by atoms with Crippen LogP contribution in [0, 0.1) is 0 Å². The van der Waals surface area contributed by atoms with Crippen LogP contribution in [-0.2, 0) is 19.3 Å². The Morgan fingerprint density at radius 2 is 1.95 bits per heavy atom. The van der Waals surface area contributed by atoms with Crippen LogP contribution in [-0.4, -0.2) is 17.5 Å². The number of benzene rings is 2. The van der Waals surface area contributed by atoms with Crippen LogP contribution in [0.25, 0.3) is 0 Å². The molecule has 22 heavy (non-hydrogen) atoms. The van der Waals surface area contributed by atoms with Crippen molar-refractivity contribution in [3.8, 4) is 11.5 Å². The minimum atomic E-state index is 0.0922. The lowest BCUT2D eigenvalue weighted by molar-refractivity contribution is 0.101. The Labute approximate surface area is 130 Å². The maximum absolute atomic E-state index is 11.2. The molecule has 0 fully saturated rings.